The summed E-state index contributed by atoms with van der Waals surface area (Å²) in [6, 6.07) is 8.29. The Balaban J connectivity index is 1.16. The largest absolute Gasteiger partial charge is 0.508 e. The van der Waals surface area contributed by atoms with E-state index in [0.717, 1.165) is 31.2 Å². The first-order chi connectivity index (χ1) is 21.0. The molecular weight excluding hydrogens is 577 g/mol. The first kappa shape index (κ1) is 31.9. The van der Waals surface area contributed by atoms with Gasteiger partial charge in [0.2, 0.25) is 5.88 Å². The van der Waals surface area contributed by atoms with Gasteiger partial charge in [-0.25, -0.2) is 4.98 Å². The third kappa shape index (κ3) is 8.34. The fourth-order valence-corrected chi connectivity index (χ4v) is 6.56. The zero-order valence-electron chi connectivity index (χ0n) is 25.0. The van der Waals surface area contributed by atoms with Gasteiger partial charge in [0.25, 0.3) is 5.91 Å². The van der Waals surface area contributed by atoms with Crippen molar-refractivity contribution in [2.45, 2.75) is 63.1 Å². The van der Waals surface area contributed by atoms with Crippen LogP contribution in [0.15, 0.2) is 36.5 Å². The van der Waals surface area contributed by atoms with Crippen molar-refractivity contribution in [2.75, 3.05) is 51.3 Å². The first-order valence-corrected chi connectivity index (χ1v) is 15.4. The molecule has 0 bridgehead atoms. The van der Waals surface area contributed by atoms with Gasteiger partial charge in [-0.05, 0) is 80.0 Å². The van der Waals surface area contributed by atoms with Crippen LogP contribution >= 0.6 is 0 Å². The number of pyridine rings is 1. The Morgan fingerprint density at radius 2 is 1.75 bits per heavy atom. The van der Waals surface area contributed by atoms with Crippen molar-refractivity contribution >= 4 is 17.6 Å². The van der Waals surface area contributed by atoms with Gasteiger partial charge in [0.05, 0.1) is 30.8 Å². The van der Waals surface area contributed by atoms with Crippen molar-refractivity contribution in [3.63, 3.8) is 0 Å². The molecule has 44 heavy (non-hydrogen) atoms. The number of amides is 1. The standard InChI is InChI=1S/C32H41F3N4O5/c1-37(24-9-12-38(13-10-24)20-32(33,34)35)31(43)26-5-4-25(40)17-28(26)39-14-7-21(8-15-39)19-44-29-16-23(6-11-36-29)27(18-30(41)42)22-2-3-22/h4-6,11,16-17,21-22,24,27,40H,2-3,7-10,12-15,18-20H2,1H3,(H,41,42). The lowest BCUT2D eigenvalue weighted by Gasteiger charge is -2.38. The summed E-state index contributed by atoms with van der Waals surface area (Å²) in [5.41, 5.74) is 2.06. The van der Waals surface area contributed by atoms with E-state index in [-0.39, 0.29) is 49.0 Å². The number of phenolic OH excluding ortho intramolecular Hbond substituents is 1. The molecule has 2 aromatic rings. The molecule has 2 N–H and O–H groups in total. The van der Waals surface area contributed by atoms with Crippen molar-refractivity contribution in [1.82, 2.24) is 14.8 Å². The average Bonchev–Trinajstić information content (AvgIpc) is 3.84. The van der Waals surface area contributed by atoms with Crippen molar-refractivity contribution in [3.8, 4) is 11.6 Å². The summed E-state index contributed by atoms with van der Waals surface area (Å²) >= 11 is 0. The van der Waals surface area contributed by atoms with Gasteiger partial charge in [0, 0.05) is 57.6 Å². The van der Waals surface area contributed by atoms with Crippen molar-refractivity contribution in [1.29, 1.82) is 0 Å². The number of piperidine rings is 2. The quantitative estimate of drug-likeness (QED) is 0.356. The third-order valence-electron chi connectivity index (χ3n) is 9.23. The van der Waals surface area contributed by atoms with Crippen LogP contribution in [0.1, 0.15) is 66.8 Å². The third-order valence-corrected chi connectivity index (χ3v) is 9.23. The number of benzene rings is 1. The lowest BCUT2D eigenvalue weighted by Crippen LogP contribution is -2.48. The molecule has 1 unspecified atom stereocenters. The number of aliphatic carboxylic acids is 1. The molecule has 1 atom stereocenters. The predicted octanol–water partition coefficient (Wildman–Crippen LogP) is 5.15. The number of hydrogen-bond acceptors (Lipinski definition) is 7. The molecule has 2 aliphatic heterocycles. The second kappa shape index (κ2) is 13.6. The van der Waals surface area contributed by atoms with Gasteiger partial charge >= 0.3 is 12.1 Å². The fraction of sp³-hybridized carbons (Fsp3) is 0.594. The number of carboxylic acid groups (broad SMARTS) is 1. The van der Waals surface area contributed by atoms with Crippen LogP contribution in [0.25, 0.3) is 0 Å². The molecule has 9 nitrogen and oxygen atoms in total. The number of ether oxygens (including phenoxy) is 1. The number of carbonyl (C=O) groups excluding carboxylic acids is 1. The van der Waals surface area contributed by atoms with Gasteiger partial charge in [-0.15, -0.1) is 0 Å². The molecule has 3 heterocycles. The van der Waals surface area contributed by atoms with E-state index in [1.165, 1.54) is 11.0 Å². The SMILES string of the molecule is CN(C(=O)c1ccc(O)cc1N1CCC(COc2cc(C(CC(=O)O)C3CC3)ccn2)CC1)C1CCN(CC(F)(F)F)CC1. The Morgan fingerprint density at radius 3 is 2.39 bits per heavy atom. The minimum absolute atomic E-state index is 0.0264. The number of aromatic nitrogens is 1. The summed E-state index contributed by atoms with van der Waals surface area (Å²) in [5.74, 6) is 0.172. The zero-order chi connectivity index (χ0) is 31.4. The van der Waals surface area contributed by atoms with Crippen molar-refractivity contribution < 1.29 is 37.7 Å². The summed E-state index contributed by atoms with van der Waals surface area (Å²) in [7, 11) is 1.70. The molecule has 2 saturated heterocycles. The first-order valence-electron chi connectivity index (χ1n) is 15.4. The Hall–Kier alpha value is -3.54. The molecular formula is C32H41F3N4O5. The molecule has 3 aliphatic rings. The lowest BCUT2D eigenvalue weighted by molar-refractivity contribution is -0.148. The summed E-state index contributed by atoms with van der Waals surface area (Å²) in [6.07, 6.45) is 2.17. The molecule has 1 saturated carbocycles. The number of likely N-dealkylation sites (tertiary alicyclic amines) is 1. The minimum Gasteiger partial charge on any atom is -0.508 e. The van der Waals surface area contributed by atoms with Gasteiger partial charge in [0.15, 0.2) is 0 Å². The van der Waals surface area contributed by atoms with Gasteiger partial charge in [-0.1, -0.05) is 0 Å². The van der Waals surface area contributed by atoms with E-state index in [4.69, 9.17) is 4.74 Å². The lowest BCUT2D eigenvalue weighted by atomic mass is 9.92. The molecule has 3 fully saturated rings. The van der Waals surface area contributed by atoms with Gasteiger partial charge < -0.3 is 24.7 Å². The Bertz CT molecular complexity index is 1310. The maximum atomic E-state index is 13.6. The highest BCUT2D eigenvalue weighted by molar-refractivity contribution is 6.00. The smallest absolute Gasteiger partial charge is 0.401 e. The number of anilines is 1. The summed E-state index contributed by atoms with van der Waals surface area (Å²) in [4.78, 5) is 34.4. The van der Waals surface area contributed by atoms with Crippen LogP contribution in [0.5, 0.6) is 11.6 Å². The highest BCUT2D eigenvalue weighted by Crippen LogP contribution is 2.45. The van der Waals surface area contributed by atoms with Crippen LogP contribution < -0.4 is 9.64 Å². The normalized spacial score (nSPS) is 19.5. The summed E-state index contributed by atoms with van der Waals surface area (Å²) in [6.45, 7) is 1.42. The van der Waals surface area contributed by atoms with Crippen LogP contribution in [0.4, 0.5) is 18.9 Å². The highest BCUT2D eigenvalue weighted by Gasteiger charge is 2.35. The van der Waals surface area contributed by atoms with Crippen LogP contribution in [0, 0.1) is 11.8 Å². The van der Waals surface area contributed by atoms with Crippen molar-refractivity contribution in [3.05, 3.63) is 47.7 Å². The number of hydrogen-bond donors (Lipinski definition) is 2. The molecule has 0 spiro atoms. The van der Waals surface area contributed by atoms with Crippen LogP contribution in [-0.4, -0.2) is 95.5 Å². The molecule has 240 valence electrons. The zero-order valence-corrected chi connectivity index (χ0v) is 25.0. The van der Waals surface area contributed by atoms with Gasteiger partial charge in [-0.2, -0.15) is 13.2 Å². The van der Waals surface area contributed by atoms with E-state index in [9.17, 15) is 33.0 Å². The number of carboxylic acids is 1. The number of rotatable bonds is 11. The second-order valence-corrected chi connectivity index (χ2v) is 12.5. The maximum Gasteiger partial charge on any atom is 0.401 e. The number of nitrogens with zero attached hydrogens (tertiary/aromatic N) is 4. The molecule has 0 radical (unpaired) electrons. The predicted molar refractivity (Wildman–Crippen MR) is 158 cm³/mol. The Kier molecular flexibility index (Phi) is 9.87. The molecule has 12 heteroatoms. The summed E-state index contributed by atoms with van der Waals surface area (Å²) < 4.78 is 44.4. The average molecular weight is 619 g/mol. The molecule has 1 aromatic carbocycles. The molecule has 5 rings (SSSR count). The number of carbonyl (C=O) groups is 2. The van der Waals surface area contributed by atoms with E-state index < -0.39 is 18.7 Å². The van der Waals surface area contributed by atoms with E-state index in [1.807, 2.05) is 12.1 Å². The van der Waals surface area contributed by atoms with Gasteiger partial charge in [-0.3, -0.25) is 14.5 Å². The second-order valence-electron chi connectivity index (χ2n) is 12.5. The Labute approximate surface area is 255 Å². The van der Waals surface area contributed by atoms with Crippen LogP contribution in [-0.2, 0) is 4.79 Å². The van der Waals surface area contributed by atoms with Crippen LogP contribution in [0.2, 0.25) is 0 Å². The molecule has 1 aromatic heterocycles. The van der Waals surface area contributed by atoms with Crippen LogP contribution in [0.3, 0.4) is 0 Å². The monoisotopic (exact) mass is 618 g/mol. The maximum absolute atomic E-state index is 13.6. The molecule has 1 aliphatic carbocycles. The van der Waals surface area contributed by atoms with E-state index in [1.54, 1.807) is 30.3 Å². The fourth-order valence-electron chi connectivity index (χ4n) is 6.56. The Morgan fingerprint density at radius 1 is 1.05 bits per heavy atom. The van der Waals surface area contributed by atoms with E-state index >= 15 is 0 Å². The number of aromatic hydroxyl groups is 1. The van der Waals surface area contributed by atoms with Gasteiger partial charge in [0.1, 0.15) is 5.75 Å². The molecule has 1 amide bonds. The topological polar surface area (TPSA) is 106 Å². The van der Waals surface area contributed by atoms with Crippen molar-refractivity contribution in [2.24, 2.45) is 11.8 Å². The number of halogens is 3. The van der Waals surface area contributed by atoms with E-state index in [2.05, 4.69) is 9.88 Å². The number of alkyl halides is 3. The minimum atomic E-state index is -4.24. The number of phenols is 1. The highest BCUT2D eigenvalue weighted by atomic mass is 19.4. The van der Waals surface area contributed by atoms with E-state index in [0.29, 0.717) is 55.6 Å². The summed E-state index contributed by atoms with van der Waals surface area (Å²) in [5, 5.41) is 19.6.